The molecule has 0 fully saturated rings. The second kappa shape index (κ2) is 3.38. The summed E-state index contributed by atoms with van der Waals surface area (Å²) in [5, 5.41) is 8.75. The van der Waals surface area contributed by atoms with Gasteiger partial charge < -0.3 is 4.74 Å². The summed E-state index contributed by atoms with van der Waals surface area (Å²) in [4.78, 5) is 22.6. The van der Waals surface area contributed by atoms with Crippen molar-refractivity contribution >= 4 is 5.97 Å². The average molecular weight is 195 g/mol. The minimum atomic E-state index is -0.693. The van der Waals surface area contributed by atoms with Crippen molar-refractivity contribution in [3.63, 3.8) is 0 Å². The van der Waals surface area contributed by atoms with E-state index in [1.165, 1.54) is 21.2 Å². The quantitative estimate of drug-likeness (QED) is 0.559. The SMILES string of the molecule is COC(=O)c1c(C#N)n(C)c(=O)n1C. The monoisotopic (exact) mass is 195 g/mol. The molecule has 0 aliphatic carbocycles. The largest absolute Gasteiger partial charge is 0.464 e. The van der Waals surface area contributed by atoms with Gasteiger partial charge in [-0.3, -0.25) is 9.13 Å². The van der Waals surface area contributed by atoms with Gasteiger partial charge in [0, 0.05) is 14.1 Å². The zero-order valence-corrected chi connectivity index (χ0v) is 8.07. The fraction of sp³-hybridized carbons (Fsp3) is 0.375. The van der Waals surface area contributed by atoms with Crippen LogP contribution >= 0.6 is 0 Å². The summed E-state index contributed by atoms with van der Waals surface area (Å²) < 4.78 is 6.66. The molecule has 6 nitrogen and oxygen atoms in total. The van der Waals surface area contributed by atoms with E-state index >= 15 is 0 Å². The van der Waals surface area contributed by atoms with E-state index in [0.717, 1.165) is 9.13 Å². The first-order valence-electron chi connectivity index (χ1n) is 3.78. The number of hydrogen-bond acceptors (Lipinski definition) is 4. The number of hydrogen-bond donors (Lipinski definition) is 0. The third kappa shape index (κ3) is 1.19. The molecule has 0 aliphatic rings. The fourth-order valence-electron chi connectivity index (χ4n) is 1.19. The minimum Gasteiger partial charge on any atom is -0.464 e. The van der Waals surface area contributed by atoms with Crippen LogP contribution < -0.4 is 5.69 Å². The molecule has 1 heterocycles. The standard InChI is InChI=1S/C8H9N3O3/c1-10-5(4-9)6(7(12)14-3)11(2)8(10)13/h1-3H3. The van der Waals surface area contributed by atoms with Crippen molar-refractivity contribution in [2.24, 2.45) is 14.1 Å². The van der Waals surface area contributed by atoms with Gasteiger partial charge in [0.25, 0.3) is 0 Å². The molecule has 0 N–H and O–H groups in total. The van der Waals surface area contributed by atoms with Crippen LogP contribution in [0, 0.1) is 11.3 Å². The van der Waals surface area contributed by atoms with E-state index in [1.54, 1.807) is 6.07 Å². The summed E-state index contributed by atoms with van der Waals surface area (Å²) in [6.45, 7) is 0. The lowest BCUT2D eigenvalue weighted by Crippen LogP contribution is -2.21. The number of carbonyl (C=O) groups is 1. The molecular weight excluding hydrogens is 186 g/mol. The third-order valence-electron chi connectivity index (χ3n) is 1.95. The molecule has 14 heavy (non-hydrogen) atoms. The number of esters is 1. The molecule has 0 spiro atoms. The maximum Gasteiger partial charge on any atom is 0.357 e. The molecular formula is C8H9N3O3. The highest BCUT2D eigenvalue weighted by atomic mass is 16.5. The summed E-state index contributed by atoms with van der Waals surface area (Å²) in [6.07, 6.45) is 0. The van der Waals surface area contributed by atoms with Gasteiger partial charge >= 0.3 is 11.7 Å². The van der Waals surface area contributed by atoms with Crippen molar-refractivity contribution in [3.8, 4) is 6.07 Å². The van der Waals surface area contributed by atoms with Crippen molar-refractivity contribution in [2.75, 3.05) is 7.11 Å². The normalized spacial score (nSPS) is 9.57. The Labute approximate surface area is 79.9 Å². The predicted molar refractivity (Wildman–Crippen MR) is 46.7 cm³/mol. The van der Waals surface area contributed by atoms with Gasteiger partial charge in [0.1, 0.15) is 6.07 Å². The fourth-order valence-corrected chi connectivity index (χ4v) is 1.19. The Bertz CT molecular complexity index is 475. The topological polar surface area (TPSA) is 77.0 Å². The van der Waals surface area contributed by atoms with E-state index in [0.29, 0.717) is 0 Å². The Morgan fingerprint density at radius 1 is 1.43 bits per heavy atom. The van der Waals surface area contributed by atoms with Gasteiger partial charge in [0.15, 0.2) is 11.4 Å². The molecule has 0 atom stereocenters. The highest BCUT2D eigenvalue weighted by Crippen LogP contribution is 2.05. The van der Waals surface area contributed by atoms with Gasteiger partial charge in [-0.2, -0.15) is 5.26 Å². The lowest BCUT2D eigenvalue weighted by atomic mass is 10.3. The van der Waals surface area contributed by atoms with Crippen LogP contribution in [0.5, 0.6) is 0 Å². The van der Waals surface area contributed by atoms with E-state index in [-0.39, 0.29) is 11.4 Å². The van der Waals surface area contributed by atoms with E-state index in [1.807, 2.05) is 0 Å². The van der Waals surface area contributed by atoms with Crippen LogP contribution in [0.1, 0.15) is 16.2 Å². The average Bonchev–Trinajstić information content (AvgIpc) is 2.41. The number of methoxy groups -OCH3 is 1. The van der Waals surface area contributed by atoms with Crippen LogP contribution in [0.2, 0.25) is 0 Å². The first kappa shape index (κ1) is 10.1. The Balaban J connectivity index is 3.59. The number of aromatic nitrogens is 2. The number of nitriles is 1. The van der Waals surface area contributed by atoms with Crippen LogP contribution in [0.25, 0.3) is 0 Å². The molecule has 0 aliphatic heterocycles. The summed E-state index contributed by atoms with van der Waals surface area (Å²) in [5.74, 6) is -0.693. The van der Waals surface area contributed by atoms with Crippen molar-refractivity contribution in [2.45, 2.75) is 0 Å². The van der Waals surface area contributed by atoms with Gasteiger partial charge in [-0.1, -0.05) is 0 Å². The lowest BCUT2D eigenvalue weighted by Gasteiger charge is -1.98. The maximum absolute atomic E-state index is 11.4. The number of imidazole rings is 1. The smallest absolute Gasteiger partial charge is 0.357 e. The Morgan fingerprint density at radius 2 is 2.00 bits per heavy atom. The van der Waals surface area contributed by atoms with Gasteiger partial charge in [0.2, 0.25) is 0 Å². The molecule has 1 rings (SSSR count). The van der Waals surface area contributed by atoms with E-state index in [2.05, 4.69) is 4.74 Å². The number of nitrogens with zero attached hydrogens (tertiary/aromatic N) is 3. The molecule has 0 unspecified atom stereocenters. The van der Waals surface area contributed by atoms with E-state index in [9.17, 15) is 9.59 Å². The first-order valence-corrected chi connectivity index (χ1v) is 3.78. The van der Waals surface area contributed by atoms with Gasteiger partial charge in [0.05, 0.1) is 7.11 Å². The molecule has 0 aromatic carbocycles. The van der Waals surface area contributed by atoms with E-state index < -0.39 is 11.7 Å². The molecule has 0 bridgehead atoms. The molecule has 0 saturated heterocycles. The highest BCUT2D eigenvalue weighted by molar-refractivity contribution is 5.89. The summed E-state index contributed by atoms with van der Waals surface area (Å²) in [6, 6.07) is 1.78. The number of ether oxygens (including phenoxy) is 1. The maximum atomic E-state index is 11.4. The third-order valence-corrected chi connectivity index (χ3v) is 1.95. The lowest BCUT2D eigenvalue weighted by molar-refractivity contribution is 0.0589. The number of rotatable bonds is 1. The zero-order chi connectivity index (χ0) is 10.9. The van der Waals surface area contributed by atoms with Crippen LogP contribution in [-0.4, -0.2) is 22.2 Å². The molecule has 74 valence electrons. The molecule has 0 saturated carbocycles. The number of carbonyl (C=O) groups excluding carboxylic acids is 1. The Morgan fingerprint density at radius 3 is 2.43 bits per heavy atom. The van der Waals surface area contributed by atoms with Crippen molar-refractivity contribution in [3.05, 3.63) is 21.9 Å². The molecule has 6 heteroatoms. The summed E-state index contributed by atoms with van der Waals surface area (Å²) in [7, 11) is 4.03. The van der Waals surface area contributed by atoms with Crippen LogP contribution in [-0.2, 0) is 18.8 Å². The summed E-state index contributed by atoms with van der Waals surface area (Å²) >= 11 is 0. The highest BCUT2D eigenvalue weighted by Gasteiger charge is 2.21. The second-order valence-electron chi connectivity index (χ2n) is 2.70. The van der Waals surface area contributed by atoms with E-state index in [4.69, 9.17) is 5.26 Å². The van der Waals surface area contributed by atoms with Crippen molar-refractivity contribution < 1.29 is 9.53 Å². The van der Waals surface area contributed by atoms with Crippen molar-refractivity contribution in [1.82, 2.24) is 9.13 Å². The second-order valence-corrected chi connectivity index (χ2v) is 2.70. The minimum absolute atomic E-state index is 0.00403. The van der Waals surface area contributed by atoms with Crippen LogP contribution in [0.4, 0.5) is 0 Å². The zero-order valence-electron chi connectivity index (χ0n) is 8.07. The van der Waals surface area contributed by atoms with Gasteiger partial charge in [-0.25, -0.2) is 9.59 Å². The molecule has 1 aromatic heterocycles. The predicted octanol–water partition coefficient (Wildman–Crippen LogP) is -0.618. The van der Waals surface area contributed by atoms with Gasteiger partial charge in [-0.05, 0) is 0 Å². The summed E-state index contributed by atoms with van der Waals surface area (Å²) in [5.41, 5.74) is -0.450. The van der Waals surface area contributed by atoms with Crippen LogP contribution in [0.3, 0.4) is 0 Å². The van der Waals surface area contributed by atoms with Gasteiger partial charge in [-0.15, -0.1) is 0 Å². The van der Waals surface area contributed by atoms with Crippen molar-refractivity contribution in [1.29, 1.82) is 5.26 Å². The molecule has 0 amide bonds. The Hall–Kier alpha value is -2.03. The molecule has 1 aromatic rings. The Kier molecular flexibility index (Phi) is 2.42. The van der Waals surface area contributed by atoms with Crippen LogP contribution in [0.15, 0.2) is 4.79 Å². The molecule has 0 radical (unpaired) electrons. The first-order chi connectivity index (χ1) is 6.54.